The van der Waals surface area contributed by atoms with Crippen LogP contribution in [0.2, 0.25) is 0 Å². The number of nitrogens with two attached hydrogens (primary N) is 1. The highest BCUT2D eigenvalue weighted by Gasteiger charge is 2.41. The molecule has 0 radical (unpaired) electrons. The number of carbonyl (C=O) groups is 1. The maximum absolute atomic E-state index is 11.8. The molecule has 1 atom stereocenters. The van der Waals surface area contributed by atoms with E-state index in [2.05, 4.69) is 4.99 Å². The minimum Gasteiger partial charge on any atom is -0.465 e. The van der Waals surface area contributed by atoms with Crippen molar-refractivity contribution in [3.63, 3.8) is 0 Å². The van der Waals surface area contributed by atoms with Crippen LogP contribution in [0.5, 0.6) is 0 Å². The average molecular weight is 281 g/mol. The first-order valence-electron chi connectivity index (χ1n) is 6.59. The summed E-state index contributed by atoms with van der Waals surface area (Å²) >= 11 is 0. The number of dihydropyridines is 1. The molecule has 21 heavy (non-hydrogen) atoms. The zero-order valence-electron chi connectivity index (χ0n) is 11.3. The number of benzene rings is 1. The second kappa shape index (κ2) is 5.03. The molecule has 1 aromatic carbocycles. The van der Waals surface area contributed by atoms with Gasteiger partial charge in [-0.3, -0.25) is 9.89 Å². The van der Waals surface area contributed by atoms with E-state index in [1.54, 1.807) is 48.7 Å². The molecule has 0 aromatic heterocycles. The highest BCUT2D eigenvalue weighted by Crippen LogP contribution is 2.35. The molecule has 0 saturated heterocycles. The first-order chi connectivity index (χ1) is 10.1. The Morgan fingerprint density at radius 2 is 2.05 bits per heavy atom. The predicted octanol–water partition coefficient (Wildman–Crippen LogP) is 2.33. The maximum Gasteiger partial charge on any atom is 0.413 e. The molecular formula is C16H15N3O2. The number of para-hydroxylation sites is 1. The van der Waals surface area contributed by atoms with Gasteiger partial charge in [-0.05, 0) is 29.9 Å². The molecule has 1 heterocycles. The number of carboxylic acid groups (broad SMARTS) is 1. The minimum atomic E-state index is -1.23. The lowest BCUT2D eigenvalue weighted by molar-refractivity contribution is 0.197. The van der Waals surface area contributed by atoms with Gasteiger partial charge >= 0.3 is 6.09 Å². The Balaban J connectivity index is 2.13. The summed E-state index contributed by atoms with van der Waals surface area (Å²) in [5.74, 6) is 0. The first kappa shape index (κ1) is 13.3. The third-order valence-electron chi connectivity index (χ3n) is 3.61. The van der Waals surface area contributed by atoms with E-state index < -0.39 is 11.8 Å². The number of anilines is 1. The van der Waals surface area contributed by atoms with Gasteiger partial charge in [0.25, 0.3) is 0 Å². The molecule has 5 heteroatoms. The molecule has 3 N–H and O–H groups in total. The van der Waals surface area contributed by atoms with Crippen LogP contribution in [-0.4, -0.2) is 29.6 Å². The number of aliphatic imine (C=N–C) groups is 1. The van der Waals surface area contributed by atoms with E-state index in [1.807, 2.05) is 12.1 Å². The van der Waals surface area contributed by atoms with Crippen molar-refractivity contribution in [1.29, 1.82) is 0 Å². The van der Waals surface area contributed by atoms with Crippen molar-refractivity contribution in [2.45, 2.75) is 5.66 Å². The summed E-state index contributed by atoms with van der Waals surface area (Å²) in [7, 11) is 0. The van der Waals surface area contributed by atoms with Crippen LogP contribution in [0.25, 0.3) is 0 Å². The molecule has 106 valence electrons. The van der Waals surface area contributed by atoms with E-state index in [-0.39, 0.29) is 0 Å². The summed E-state index contributed by atoms with van der Waals surface area (Å²) in [6.45, 7) is 0.511. The van der Waals surface area contributed by atoms with Crippen molar-refractivity contribution in [1.82, 2.24) is 0 Å². The van der Waals surface area contributed by atoms with Gasteiger partial charge in [0.2, 0.25) is 0 Å². The van der Waals surface area contributed by atoms with E-state index in [4.69, 9.17) is 5.73 Å². The molecule has 3 rings (SSSR count). The van der Waals surface area contributed by atoms with Gasteiger partial charge in [-0.2, -0.15) is 0 Å². The molecule has 1 amide bonds. The Morgan fingerprint density at radius 1 is 1.29 bits per heavy atom. The summed E-state index contributed by atoms with van der Waals surface area (Å²) in [6.07, 6.45) is 7.74. The van der Waals surface area contributed by atoms with E-state index in [9.17, 15) is 9.90 Å². The van der Waals surface area contributed by atoms with Gasteiger partial charge in [0, 0.05) is 17.5 Å². The molecule has 0 spiro atoms. The maximum atomic E-state index is 11.8. The van der Waals surface area contributed by atoms with E-state index in [1.165, 1.54) is 4.90 Å². The van der Waals surface area contributed by atoms with E-state index >= 15 is 0 Å². The fourth-order valence-corrected chi connectivity index (χ4v) is 2.66. The van der Waals surface area contributed by atoms with Gasteiger partial charge in [0.1, 0.15) is 5.66 Å². The molecule has 1 unspecified atom stereocenters. The predicted molar refractivity (Wildman–Crippen MR) is 82.5 cm³/mol. The zero-order chi connectivity index (χ0) is 14.9. The fourth-order valence-electron chi connectivity index (χ4n) is 2.66. The summed E-state index contributed by atoms with van der Waals surface area (Å²) in [5, 5.41) is 9.67. The second-order valence-electron chi connectivity index (χ2n) is 4.90. The third kappa shape index (κ3) is 2.17. The molecule has 1 aliphatic heterocycles. The SMILES string of the molecule is NC1(N(C(=O)O)c2ccccc2)C=CC=C2CN=CC=C21. The van der Waals surface area contributed by atoms with Crippen LogP contribution in [0.4, 0.5) is 10.5 Å². The zero-order valence-corrected chi connectivity index (χ0v) is 11.3. The molecule has 2 aliphatic rings. The number of hydrogen-bond donors (Lipinski definition) is 2. The molecule has 1 aliphatic carbocycles. The van der Waals surface area contributed by atoms with Crippen LogP contribution in [0.1, 0.15) is 0 Å². The van der Waals surface area contributed by atoms with Crippen molar-refractivity contribution in [3.05, 3.63) is 65.8 Å². The number of hydrogen-bond acceptors (Lipinski definition) is 3. The van der Waals surface area contributed by atoms with Crippen LogP contribution < -0.4 is 10.6 Å². The molecule has 5 nitrogen and oxygen atoms in total. The van der Waals surface area contributed by atoms with Gasteiger partial charge in [0.15, 0.2) is 0 Å². The van der Waals surface area contributed by atoms with E-state index in [0.29, 0.717) is 12.2 Å². The number of allylic oxidation sites excluding steroid dienone is 3. The fraction of sp³-hybridized carbons (Fsp3) is 0.125. The summed E-state index contributed by atoms with van der Waals surface area (Å²) < 4.78 is 0. The quantitative estimate of drug-likeness (QED) is 0.817. The Bertz CT molecular complexity index is 689. The highest BCUT2D eigenvalue weighted by molar-refractivity contribution is 5.91. The van der Waals surface area contributed by atoms with Crippen LogP contribution in [-0.2, 0) is 0 Å². The highest BCUT2D eigenvalue weighted by atomic mass is 16.4. The number of fused-ring (bicyclic) bond motifs is 1. The Kier molecular flexibility index (Phi) is 3.19. The van der Waals surface area contributed by atoms with Crippen LogP contribution >= 0.6 is 0 Å². The lowest BCUT2D eigenvalue weighted by Crippen LogP contribution is -2.59. The van der Waals surface area contributed by atoms with Crippen LogP contribution in [0.3, 0.4) is 0 Å². The molecule has 1 aromatic rings. The molecule has 0 bridgehead atoms. The van der Waals surface area contributed by atoms with Gasteiger partial charge in [-0.15, -0.1) is 0 Å². The number of rotatable bonds is 2. The van der Waals surface area contributed by atoms with Gasteiger partial charge in [-0.25, -0.2) is 4.79 Å². The third-order valence-corrected chi connectivity index (χ3v) is 3.61. The Morgan fingerprint density at radius 3 is 2.76 bits per heavy atom. The standard InChI is InChI=1S/C16H15N3O2/c17-16(9-4-5-12-11-18-10-8-14(12)16)19(15(20)21)13-6-2-1-3-7-13/h1-10H,11,17H2,(H,20,21). The normalized spacial score (nSPS) is 23.1. The molecular weight excluding hydrogens is 266 g/mol. The second-order valence-corrected chi connectivity index (χ2v) is 4.90. The van der Waals surface area contributed by atoms with E-state index in [0.717, 1.165) is 11.1 Å². The average Bonchev–Trinajstić information content (AvgIpc) is 2.48. The topological polar surface area (TPSA) is 78.9 Å². The lowest BCUT2D eigenvalue weighted by Gasteiger charge is -2.41. The van der Waals surface area contributed by atoms with Gasteiger partial charge < -0.3 is 10.8 Å². The Labute approximate surface area is 122 Å². The molecule has 0 fully saturated rings. The van der Waals surface area contributed by atoms with Crippen LogP contribution in [0, 0.1) is 0 Å². The smallest absolute Gasteiger partial charge is 0.413 e. The van der Waals surface area contributed by atoms with Crippen molar-refractivity contribution < 1.29 is 9.90 Å². The summed E-state index contributed by atoms with van der Waals surface area (Å²) in [4.78, 5) is 17.2. The van der Waals surface area contributed by atoms with Crippen molar-refractivity contribution in [3.8, 4) is 0 Å². The van der Waals surface area contributed by atoms with Crippen molar-refractivity contribution in [2.24, 2.45) is 10.7 Å². The van der Waals surface area contributed by atoms with Crippen molar-refractivity contribution >= 4 is 18.0 Å². The van der Waals surface area contributed by atoms with Crippen LogP contribution in [0.15, 0.2) is 70.8 Å². The monoisotopic (exact) mass is 281 g/mol. The Hall–Kier alpha value is -2.66. The van der Waals surface area contributed by atoms with Gasteiger partial charge in [-0.1, -0.05) is 30.4 Å². The summed E-state index contributed by atoms with van der Waals surface area (Å²) in [5.41, 5.74) is 7.47. The summed E-state index contributed by atoms with van der Waals surface area (Å²) in [6, 6.07) is 8.86. The number of amides is 1. The van der Waals surface area contributed by atoms with Gasteiger partial charge in [0.05, 0.1) is 6.54 Å². The van der Waals surface area contributed by atoms with Crippen molar-refractivity contribution in [2.75, 3.05) is 11.4 Å². The first-order valence-corrected chi connectivity index (χ1v) is 6.59. The largest absolute Gasteiger partial charge is 0.465 e. The minimum absolute atomic E-state index is 0.511. The lowest BCUT2D eigenvalue weighted by atomic mass is 9.85. The number of nitrogens with zero attached hydrogens (tertiary/aromatic N) is 2. The molecule has 0 saturated carbocycles.